The van der Waals surface area contributed by atoms with Gasteiger partial charge < -0.3 is 14.6 Å². The summed E-state index contributed by atoms with van der Waals surface area (Å²) in [5, 5.41) is 7.45. The van der Waals surface area contributed by atoms with E-state index >= 15 is 0 Å². The Balaban J connectivity index is 1.79. The average Bonchev–Trinajstić information content (AvgIpc) is 3.07. The Morgan fingerprint density at radius 3 is 2.93 bits per heavy atom. The van der Waals surface area contributed by atoms with Crippen LogP contribution in [-0.4, -0.2) is 40.1 Å². The third-order valence-electron chi connectivity index (χ3n) is 3.78. The largest absolute Gasteiger partial charge is 0.385 e. The van der Waals surface area contributed by atoms with Crippen LogP contribution in [0.3, 0.4) is 0 Å². The van der Waals surface area contributed by atoms with Crippen molar-refractivity contribution >= 4 is 34.4 Å². The maximum atomic E-state index is 12.8. The summed E-state index contributed by atoms with van der Waals surface area (Å²) in [6, 6.07) is 8.82. The maximum absolute atomic E-state index is 12.8. The van der Waals surface area contributed by atoms with Crippen LogP contribution in [0.25, 0.3) is 10.9 Å². The van der Waals surface area contributed by atoms with E-state index in [1.807, 2.05) is 12.1 Å². The molecule has 8 nitrogen and oxygen atoms in total. The van der Waals surface area contributed by atoms with E-state index in [1.54, 1.807) is 36.8 Å². The Morgan fingerprint density at radius 2 is 2.19 bits per heavy atom. The minimum Gasteiger partial charge on any atom is -0.385 e. The molecule has 0 atom stereocenters. The van der Waals surface area contributed by atoms with Gasteiger partial charge in [0.25, 0.3) is 5.56 Å². The van der Waals surface area contributed by atoms with Crippen molar-refractivity contribution in [2.45, 2.75) is 25.0 Å². The van der Waals surface area contributed by atoms with Gasteiger partial charge in [-0.25, -0.2) is 4.98 Å². The Morgan fingerprint density at radius 1 is 1.37 bits per heavy atom. The molecule has 0 saturated carbocycles. The summed E-state index contributed by atoms with van der Waals surface area (Å²) in [5.74, 6) is 0.823. The van der Waals surface area contributed by atoms with Crippen LogP contribution in [0, 0.1) is 6.92 Å². The van der Waals surface area contributed by atoms with Gasteiger partial charge in [0.15, 0.2) is 11.0 Å². The molecular formula is C18H20N4O4S. The van der Waals surface area contributed by atoms with Gasteiger partial charge in [-0.05, 0) is 25.5 Å². The number of nitrogens with one attached hydrogen (secondary N) is 1. The molecule has 0 aliphatic heterocycles. The lowest BCUT2D eigenvalue weighted by atomic mass is 10.2. The van der Waals surface area contributed by atoms with E-state index in [0.717, 1.165) is 0 Å². The number of hydrogen-bond donors (Lipinski definition) is 1. The second-order valence-electron chi connectivity index (χ2n) is 5.87. The smallest absolute Gasteiger partial charge is 0.262 e. The van der Waals surface area contributed by atoms with E-state index < -0.39 is 0 Å². The summed E-state index contributed by atoms with van der Waals surface area (Å²) in [4.78, 5) is 29.6. The van der Waals surface area contributed by atoms with Gasteiger partial charge >= 0.3 is 0 Å². The van der Waals surface area contributed by atoms with E-state index in [-0.39, 0.29) is 17.2 Å². The van der Waals surface area contributed by atoms with Crippen LogP contribution in [0.15, 0.2) is 44.8 Å². The predicted octanol–water partition coefficient (Wildman–Crippen LogP) is 2.46. The van der Waals surface area contributed by atoms with Crippen molar-refractivity contribution in [3.8, 4) is 0 Å². The summed E-state index contributed by atoms with van der Waals surface area (Å²) < 4.78 is 11.6. The van der Waals surface area contributed by atoms with Crippen molar-refractivity contribution in [3.63, 3.8) is 0 Å². The summed E-state index contributed by atoms with van der Waals surface area (Å²) in [6.45, 7) is 2.75. The van der Waals surface area contributed by atoms with Gasteiger partial charge in [0.1, 0.15) is 5.76 Å². The summed E-state index contributed by atoms with van der Waals surface area (Å²) >= 11 is 1.21. The second-order valence-corrected chi connectivity index (χ2v) is 6.82. The number of methoxy groups -OCH3 is 1. The second kappa shape index (κ2) is 8.83. The van der Waals surface area contributed by atoms with Gasteiger partial charge in [-0.1, -0.05) is 29.1 Å². The van der Waals surface area contributed by atoms with Gasteiger partial charge in [0.05, 0.1) is 16.7 Å². The lowest BCUT2D eigenvalue weighted by Gasteiger charge is -2.12. The number of ether oxygens (including phenoxy) is 1. The number of nitrogens with zero attached hydrogens (tertiary/aromatic N) is 3. The van der Waals surface area contributed by atoms with Crippen molar-refractivity contribution < 1.29 is 14.1 Å². The van der Waals surface area contributed by atoms with Crippen molar-refractivity contribution in [2.24, 2.45) is 0 Å². The lowest BCUT2D eigenvalue weighted by molar-refractivity contribution is -0.113. The van der Waals surface area contributed by atoms with E-state index in [0.29, 0.717) is 47.2 Å². The number of fused-ring (bicyclic) bond motifs is 1. The third-order valence-corrected chi connectivity index (χ3v) is 4.76. The molecule has 9 heteroatoms. The topological polar surface area (TPSA) is 99.2 Å². The maximum Gasteiger partial charge on any atom is 0.262 e. The number of carbonyl (C=O) groups is 1. The van der Waals surface area contributed by atoms with E-state index in [1.165, 1.54) is 11.8 Å². The highest BCUT2D eigenvalue weighted by atomic mass is 32.2. The minimum absolute atomic E-state index is 0.0982. The van der Waals surface area contributed by atoms with Crippen LogP contribution in [0.1, 0.15) is 12.2 Å². The highest BCUT2D eigenvalue weighted by Gasteiger charge is 2.14. The molecule has 1 N–H and O–H groups in total. The number of para-hydroxylation sites is 1. The Kier molecular flexibility index (Phi) is 6.25. The van der Waals surface area contributed by atoms with Crippen LogP contribution >= 0.6 is 11.8 Å². The van der Waals surface area contributed by atoms with Crippen LogP contribution < -0.4 is 10.9 Å². The zero-order valence-electron chi connectivity index (χ0n) is 15.1. The molecule has 0 aliphatic rings. The fourth-order valence-electron chi connectivity index (χ4n) is 2.56. The number of benzene rings is 1. The normalized spacial score (nSPS) is 11.0. The molecule has 0 spiro atoms. The zero-order valence-corrected chi connectivity index (χ0v) is 15.9. The van der Waals surface area contributed by atoms with Gasteiger partial charge in [-0.2, -0.15) is 0 Å². The fraction of sp³-hybridized carbons (Fsp3) is 0.333. The van der Waals surface area contributed by atoms with E-state index in [4.69, 9.17) is 9.26 Å². The molecule has 0 aliphatic carbocycles. The highest BCUT2D eigenvalue weighted by Crippen LogP contribution is 2.18. The highest BCUT2D eigenvalue weighted by molar-refractivity contribution is 7.99. The molecule has 27 heavy (non-hydrogen) atoms. The minimum atomic E-state index is -0.251. The van der Waals surface area contributed by atoms with Crippen molar-refractivity contribution in [2.75, 3.05) is 24.8 Å². The van der Waals surface area contributed by atoms with Crippen molar-refractivity contribution in [3.05, 3.63) is 46.4 Å². The number of carbonyl (C=O) groups excluding carboxylic acids is 1. The monoisotopic (exact) mass is 388 g/mol. The average molecular weight is 388 g/mol. The number of amides is 1. The fourth-order valence-corrected chi connectivity index (χ4v) is 3.38. The zero-order chi connectivity index (χ0) is 19.2. The molecule has 0 fully saturated rings. The molecule has 3 rings (SSSR count). The molecule has 1 aromatic carbocycles. The predicted molar refractivity (Wildman–Crippen MR) is 103 cm³/mol. The lowest BCUT2D eigenvalue weighted by Crippen LogP contribution is -2.25. The molecule has 142 valence electrons. The van der Waals surface area contributed by atoms with E-state index in [9.17, 15) is 9.59 Å². The number of aromatic nitrogens is 3. The Bertz CT molecular complexity index is 998. The molecule has 2 aromatic heterocycles. The first-order valence-electron chi connectivity index (χ1n) is 8.43. The Labute approximate surface area is 159 Å². The standard InChI is InChI=1S/C18H20N4O4S/c1-12-10-15(21-26-12)20-16(23)11-27-18-19-14-7-4-3-6-13(14)17(24)22(18)8-5-9-25-2/h3-4,6-7,10H,5,8-9,11H2,1-2H3,(H,20,21,23). The first-order valence-corrected chi connectivity index (χ1v) is 9.41. The van der Waals surface area contributed by atoms with Gasteiger partial charge in [-0.15, -0.1) is 0 Å². The first-order chi connectivity index (χ1) is 13.1. The first kappa shape index (κ1) is 19.1. The van der Waals surface area contributed by atoms with Crippen molar-refractivity contribution in [1.82, 2.24) is 14.7 Å². The SMILES string of the molecule is COCCCn1c(SCC(=O)Nc2cc(C)on2)nc2ccccc2c1=O. The molecule has 0 saturated heterocycles. The van der Waals surface area contributed by atoms with Crippen LogP contribution in [0.5, 0.6) is 0 Å². The van der Waals surface area contributed by atoms with Crippen LogP contribution in [0.2, 0.25) is 0 Å². The quantitative estimate of drug-likeness (QED) is 0.359. The van der Waals surface area contributed by atoms with Gasteiger partial charge in [0, 0.05) is 26.3 Å². The molecule has 0 unspecified atom stereocenters. The molecule has 1 amide bonds. The molecular weight excluding hydrogens is 368 g/mol. The molecule has 0 radical (unpaired) electrons. The molecule has 0 bridgehead atoms. The summed E-state index contributed by atoms with van der Waals surface area (Å²) in [7, 11) is 1.62. The number of thioether (sulfide) groups is 1. The number of rotatable bonds is 8. The van der Waals surface area contributed by atoms with Gasteiger partial charge in [0.2, 0.25) is 5.91 Å². The number of aryl methyl sites for hydroxylation is 1. The van der Waals surface area contributed by atoms with Crippen molar-refractivity contribution in [1.29, 1.82) is 0 Å². The van der Waals surface area contributed by atoms with Crippen LogP contribution in [-0.2, 0) is 16.1 Å². The van der Waals surface area contributed by atoms with Gasteiger partial charge in [-0.3, -0.25) is 14.2 Å². The number of hydrogen-bond acceptors (Lipinski definition) is 7. The Hall–Kier alpha value is -2.65. The third kappa shape index (κ3) is 4.75. The number of anilines is 1. The van der Waals surface area contributed by atoms with Crippen LogP contribution in [0.4, 0.5) is 5.82 Å². The summed E-state index contributed by atoms with van der Waals surface area (Å²) in [6.07, 6.45) is 0.675. The molecule has 3 aromatic rings. The molecule has 2 heterocycles. The summed E-state index contributed by atoms with van der Waals surface area (Å²) in [5.41, 5.74) is 0.493. The van der Waals surface area contributed by atoms with E-state index in [2.05, 4.69) is 15.5 Å².